The van der Waals surface area contributed by atoms with Crippen LogP contribution in [-0.2, 0) is 6.54 Å². The second-order valence-electron chi connectivity index (χ2n) is 6.69. The van der Waals surface area contributed by atoms with Crippen LogP contribution in [0.3, 0.4) is 0 Å². The van der Waals surface area contributed by atoms with Crippen molar-refractivity contribution < 1.29 is 9.47 Å². The van der Waals surface area contributed by atoms with Crippen LogP contribution in [0.2, 0.25) is 0 Å². The molecule has 0 fully saturated rings. The van der Waals surface area contributed by atoms with E-state index in [2.05, 4.69) is 31.3 Å². The van der Waals surface area contributed by atoms with Crippen molar-refractivity contribution in [1.29, 1.82) is 0 Å². The monoisotopic (exact) mass is 327 g/mol. The molecule has 3 heteroatoms. The minimum absolute atomic E-state index is 0.176. The maximum atomic E-state index is 5.95. The summed E-state index contributed by atoms with van der Waals surface area (Å²) in [6.45, 7) is 9.97. The Morgan fingerprint density at radius 2 is 1.75 bits per heavy atom. The van der Waals surface area contributed by atoms with E-state index in [1.807, 2.05) is 50.2 Å². The van der Waals surface area contributed by atoms with Gasteiger partial charge in [-0.15, -0.1) is 0 Å². The summed E-state index contributed by atoms with van der Waals surface area (Å²) in [5, 5.41) is 3.45. The molecule has 0 heterocycles. The molecule has 0 aliphatic heterocycles. The van der Waals surface area contributed by atoms with Gasteiger partial charge < -0.3 is 14.8 Å². The van der Waals surface area contributed by atoms with Crippen LogP contribution in [0.25, 0.3) is 0 Å². The quantitative estimate of drug-likeness (QED) is 0.658. The average molecular weight is 327 g/mol. The molecule has 0 aromatic heterocycles. The summed E-state index contributed by atoms with van der Waals surface area (Å²) in [5.74, 6) is 2.50. The van der Waals surface area contributed by atoms with Crippen LogP contribution >= 0.6 is 0 Å². The van der Waals surface area contributed by atoms with E-state index >= 15 is 0 Å². The lowest BCUT2D eigenvalue weighted by atomic mass is 10.1. The molecule has 0 aliphatic carbocycles. The zero-order valence-electron chi connectivity index (χ0n) is 15.2. The van der Waals surface area contributed by atoms with E-state index in [0.29, 0.717) is 5.92 Å². The molecule has 3 nitrogen and oxygen atoms in total. The zero-order valence-corrected chi connectivity index (χ0v) is 15.2. The van der Waals surface area contributed by atoms with Crippen LogP contribution in [-0.4, -0.2) is 12.7 Å². The fourth-order valence-corrected chi connectivity index (χ4v) is 2.34. The molecule has 0 spiro atoms. The van der Waals surface area contributed by atoms with Crippen molar-refractivity contribution in [3.63, 3.8) is 0 Å². The Bertz CT molecular complexity index is 623. The molecule has 130 valence electrons. The van der Waals surface area contributed by atoms with Crippen molar-refractivity contribution in [2.24, 2.45) is 5.92 Å². The molecule has 0 saturated heterocycles. The Morgan fingerprint density at radius 3 is 2.50 bits per heavy atom. The summed E-state index contributed by atoms with van der Waals surface area (Å²) in [5.41, 5.74) is 2.21. The Hall–Kier alpha value is -2.16. The third-order valence-electron chi connectivity index (χ3n) is 3.61. The van der Waals surface area contributed by atoms with Gasteiger partial charge in [-0.25, -0.2) is 0 Å². The lowest BCUT2D eigenvalue weighted by Gasteiger charge is -2.15. The van der Waals surface area contributed by atoms with Gasteiger partial charge in [-0.2, -0.15) is 0 Å². The van der Waals surface area contributed by atoms with Gasteiger partial charge in [-0.1, -0.05) is 38.1 Å². The van der Waals surface area contributed by atoms with Gasteiger partial charge in [0.15, 0.2) is 0 Å². The second kappa shape index (κ2) is 9.21. The number of anilines is 1. The fraction of sp³-hybridized carbons (Fsp3) is 0.429. The van der Waals surface area contributed by atoms with Gasteiger partial charge in [0.1, 0.15) is 11.5 Å². The molecule has 0 atom stereocenters. The van der Waals surface area contributed by atoms with Crippen molar-refractivity contribution >= 4 is 5.69 Å². The van der Waals surface area contributed by atoms with Crippen molar-refractivity contribution in [2.45, 2.75) is 46.8 Å². The van der Waals surface area contributed by atoms with Gasteiger partial charge in [0.05, 0.1) is 12.7 Å². The topological polar surface area (TPSA) is 30.5 Å². The molecule has 2 aromatic carbocycles. The molecular weight excluding hydrogens is 298 g/mol. The highest BCUT2D eigenvalue weighted by Gasteiger charge is 2.05. The van der Waals surface area contributed by atoms with Gasteiger partial charge in [0.25, 0.3) is 0 Å². The number of nitrogens with one attached hydrogen (secondary N) is 1. The molecule has 2 aromatic rings. The maximum absolute atomic E-state index is 5.95. The summed E-state index contributed by atoms with van der Waals surface area (Å²) in [6, 6.07) is 16.3. The van der Waals surface area contributed by atoms with Crippen molar-refractivity contribution in [3.8, 4) is 11.5 Å². The Morgan fingerprint density at radius 1 is 0.958 bits per heavy atom. The van der Waals surface area contributed by atoms with E-state index in [-0.39, 0.29) is 6.10 Å². The van der Waals surface area contributed by atoms with Gasteiger partial charge in [-0.3, -0.25) is 0 Å². The molecule has 24 heavy (non-hydrogen) atoms. The molecule has 0 unspecified atom stereocenters. The van der Waals surface area contributed by atoms with E-state index in [1.165, 1.54) is 0 Å². The largest absolute Gasteiger partial charge is 0.493 e. The highest BCUT2D eigenvalue weighted by molar-refractivity contribution is 5.49. The number of benzene rings is 2. The Labute approximate surface area is 146 Å². The van der Waals surface area contributed by atoms with Crippen LogP contribution < -0.4 is 14.8 Å². The van der Waals surface area contributed by atoms with E-state index in [9.17, 15) is 0 Å². The first-order valence-electron chi connectivity index (χ1n) is 8.76. The fourth-order valence-electron chi connectivity index (χ4n) is 2.34. The van der Waals surface area contributed by atoms with Crippen LogP contribution in [0, 0.1) is 5.92 Å². The highest BCUT2D eigenvalue weighted by atomic mass is 16.5. The summed E-state index contributed by atoms with van der Waals surface area (Å²) >= 11 is 0. The summed E-state index contributed by atoms with van der Waals surface area (Å²) in [6.07, 6.45) is 1.24. The van der Waals surface area contributed by atoms with Crippen LogP contribution in [0.4, 0.5) is 5.69 Å². The zero-order chi connectivity index (χ0) is 17.4. The number of hydrogen-bond donors (Lipinski definition) is 1. The second-order valence-corrected chi connectivity index (χ2v) is 6.69. The summed E-state index contributed by atoms with van der Waals surface area (Å²) in [4.78, 5) is 0. The molecule has 1 N–H and O–H groups in total. The van der Waals surface area contributed by atoms with E-state index in [4.69, 9.17) is 9.47 Å². The molecule has 0 amide bonds. The van der Waals surface area contributed by atoms with Crippen molar-refractivity contribution in [3.05, 3.63) is 54.1 Å². The van der Waals surface area contributed by atoms with Gasteiger partial charge in [0, 0.05) is 23.9 Å². The Kier molecular flexibility index (Phi) is 6.98. The van der Waals surface area contributed by atoms with Crippen LogP contribution in [0.15, 0.2) is 48.5 Å². The first-order valence-corrected chi connectivity index (χ1v) is 8.76. The van der Waals surface area contributed by atoms with Gasteiger partial charge >= 0.3 is 0 Å². The van der Waals surface area contributed by atoms with Crippen molar-refractivity contribution in [2.75, 3.05) is 11.9 Å². The summed E-state index contributed by atoms with van der Waals surface area (Å²) < 4.78 is 11.7. The van der Waals surface area contributed by atoms with Crippen molar-refractivity contribution in [1.82, 2.24) is 0 Å². The standard InChI is InChI=1S/C21H29NO2/c1-16(2)12-13-23-21-11-6-5-8-18(21)15-22-19-9-7-10-20(14-19)24-17(3)4/h5-11,14,16-17,22H,12-13,15H2,1-4H3. The number of ether oxygens (including phenoxy) is 2. The third-order valence-corrected chi connectivity index (χ3v) is 3.61. The van der Waals surface area contributed by atoms with E-state index in [1.54, 1.807) is 0 Å². The first kappa shape index (κ1) is 18.2. The number of rotatable bonds is 9. The Balaban J connectivity index is 1.96. The normalized spacial score (nSPS) is 10.9. The lowest BCUT2D eigenvalue weighted by Crippen LogP contribution is -2.07. The third kappa shape index (κ3) is 6.15. The molecule has 0 saturated carbocycles. The molecule has 0 radical (unpaired) electrons. The predicted molar refractivity (Wildman–Crippen MR) is 101 cm³/mol. The minimum Gasteiger partial charge on any atom is -0.493 e. The van der Waals surface area contributed by atoms with E-state index in [0.717, 1.165) is 42.3 Å². The molecule has 0 bridgehead atoms. The summed E-state index contributed by atoms with van der Waals surface area (Å²) in [7, 11) is 0. The molecular formula is C21H29NO2. The average Bonchev–Trinajstić information content (AvgIpc) is 2.53. The SMILES string of the molecule is CC(C)CCOc1ccccc1CNc1cccc(OC(C)C)c1. The first-order chi connectivity index (χ1) is 11.5. The number of hydrogen-bond acceptors (Lipinski definition) is 3. The van der Waals surface area contributed by atoms with Gasteiger partial charge in [0.2, 0.25) is 0 Å². The minimum atomic E-state index is 0.176. The molecule has 0 aliphatic rings. The molecule has 2 rings (SSSR count). The van der Waals surface area contributed by atoms with E-state index < -0.39 is 0 Å². The maximum Gasteiger partial charge on any atom is 0.124 e. The van der Waals surface area contributed by atoms with Crippen LogP contribution in [0.5, 0.6) is 11.5 Å². The lowest BCUT2D eigenvalue weighted by molar-refractivity contribution is 0.242. The van der Waals surface area contributed by atoms with Crippen LogP contribution in [0.1, 0.15) is 39.7 Å². The van der Waals surface area contributed by atoms with Gasteiger partial charge in [-0.05, 0) is 44.4 Å². The number of para-hydroxylation sites is 1. The highest BCUT2D eigenvalue weighted by Crippen LogP contribution is 2.22. The predicted octanol–water partition coefficient (Wildman–Crippen LogP) is 5.51. The smallest absolute Gasteiger partial charge is 0.124 e.